The molecule has 42 heavy (non-hydrogen) atoms. The van der Waals surface area contributed by atoms with Crippen LogP contribution in [0.3, 0.4) is 0 Å². The van der Waals surface area contributed by atoms with E-state index in [1.54, 1.807) is 48.4 Å². The number of aliphatic hydroxyl groups excluding tert-OH is 1. The van der Waals surface area contributed by atoms with Gasteiger partial charge < -0.3 is 29.9 Å². The molecule has 1 amide bonds. The molecule has 1 aliphatic rings. The number of hydrogen-bond acceptors (Lipinski definition) is 7. The number of rotatable bonds is 9. The summed E-state index contributed by atoms with van der Waals surface area (Å²) in [7, 11) is 1.58. The first-order chi connectivity index (χ1) is 20.1. The summed E-state index contributed by atoms with van der Waals surface area (Å²) in [6, 6.07) is 20.1. The fourth-order valence-corrected chi connectivity index (χ4v) is 4.60. The van der Waals surface area contributed by atoms with Gasteiger partial charge in [-0.3, -0.25) is 9.59 Å². The van der Waals surface area contributed by atoms with Crippen molar-refractivity contribution in [2.24, 2.45) is 5.92 Å². The van der Waals surface area contributed by atoms with Crippen LogP contribution in [0.2, 0.25) is 0 Å². The number of methoxy groups -OCH3 is 1. The summed E-state index contributed by atoms with van der Waals surface area (Å²) in [6.07, 6.45) is 1.45. The molecular formula is C31H33FN2O8. The van der Waals surface area contributed by atoms with Crippen LogP contribution in [0.25, 0.3) is 0 Å². The number of Topliss-reactive ketones (excluding diaryl/α,β-unsaturated/α-hetero) is 1. The third kappa shape index (κ3) is 8.69. The second-order valence-corrected chi connectivity index (χ2v) is 9.58. The smallest absolute Gasteiger partial charge is 0.414 e. The van der Waals surface area contributed by atoms with Gasteiger partial charge in [-0.2, -0.15) is 0 Å². The summed E-state index contributed by atoms with van der Waals surface area (Å²) in [5.41, 5.74) is 2.52. The molecule has 1 fully saturated rings. The van der Waals surface area contributed by atoms with Crippen LogP contribution in [-0.4, -0.2) is 77.1 Å². The van der Waals surface area contributed by atoms with E-state index in [0.717, 1.165) is 31.5 Å². The summed E-state index contributed by atoms with van der Waals surface area (Å²) in [4.78, 5) is 48.5. The fourth-order valence-electron chi connectivity index (χ4n) is 4.60. The van der Waals surface area contributed by atoms with E-state index < -0.39 is 11.9 Å². The number of benzene rings is 3. The lowest BCUT2D eigenvalue weighted by molar-refractivity contribution is -0.159. The molecular weight excluding hydrogens is 547 g/mol. The van der Waals surface area contributed by atoms with Crippen molar-refractivity contribution in [1.29, 1.82) is 0 Å². The van der Waals surface area contributed by atoms with Crippen molar-refractivity contribution >= 4 is 29.3 Å². The molecule has 1 heterocycles. The van der Waals surface area contributed by atoms with E-state index >= 15 is 0 Å². The highest BCUT2D eigenvalue weighted by Crippen LogP contribution is 2.29. The Morgan fingerprint density at radius 1 is 0.881 bits per heavy atom. The average Bonchev–Trinajstić information content (AvgIpc) is 3.02. The zero-order valence-corrected chi connectivity index (χ0v) is 23.1. The van der Waals surface area contributed by atoms with Crippen LogP contribution in [-0.2, 0) is 16.2 Å². The Morgan fingerprint density at radius 2 is 1.45 bits per heavy atom. The number of amides is 1. The Balaban J connectivity index is 0.000000730. The first kappa shape index (κ1) is 31.9. The molecule has 0 aromatic heterocycles. The van der Waals surface area contributed by atoms with Gasteiger partial charge in [-0.1, -0.05) is 24.3 Å². The maximum atomic E-state index is 13.5. The normalized spacial score (nSPS) is 13.4. The average molecular weight is 581 g/mol. The number of aliphatic carboxylic acids is 2. The van der Waals surface area contributed by atoms with E-state index in [0.29, 0.717) is 35.7 Å². The predicted molar refractivity (Wildman–Crippen MR) is 152 cm³/mol. The number of ether oxygens (including phenoxy) is 1. The molecule has 4 rings (SSSR count). The van der Waals surface area contributed by atoms with Crippen LogP contribution in [0.1, 0.15) is 39.1 Å². The number of anilines is 1. The Hall–Kier alpha value is -4.61. The summed E-state index contributed by atoms with van der Waals surface area (Å²) >= 11 is 0. The van der Waals surface area contributed by atoms with Crippen LogP contribution in [0.15, 0.2) is 72.8 Å². The predicted octanol–water partition coefficient (Wildman–Crippen LogP) is 3.72. The number of carboxylic acid groups (broad SMARTS) is 2. The van der Waals surface area contributed by atoms with Gasteiger partial charge in [0.2, 0.25) is 0 Å². The number of nitrogens with zero attached hydrogens (tertiary/aromatic N) is 2. The van der Waals surface area contributed by atoms with Crippen LogP contribution in [0.5, 0.6) is 5.75 Å². The highest BCUT2D eigenvalue weighted by molar-refractivity contribution is 6.27. The number of para-hydroxylation sites is 2. The van der Waals surface area contributed by atoms with Gasteiger partial charge >= 0.3 is 11.9 Å². The van der Waals surface area contributed by atoms with Crippen molar-refractivity contribution in [3.8, 4) is 5.75 Å². The van der Waals surface area contributed by atoms with Crippen LogP contribution >= 0.6 is 0 Å². The van der Waals surface area contributed by atoms with Crippen molar-refractivity contribution in [3.63, 3.8) is 0 Å². The molecule has 0 bridgehead atoms. The van der Waals surface area contributed by atoms with Gasteiger partial charge in [0, 0.05) is 30.1 Å². The first-order valence-corrected chi connectivity index (χ1v) is 13.3. The van der Waals surface area contributed by atoms with Gasteiger partial charge in [-0.05, 0) is 80.0 Å². The van der Waals surface area contributed by atoms with Crippen LogP contribution in [0, 0.1) is 11.7 Å². The lowest BCUT2D eigenvalue weighted by atomic mass is 9.89. The summed E-state index contributed by atoms with van der Waals surface area (Å²) in [5, 5.41) is 24.1. The van der Waals surface area contributed by atoms with Gasteiger partial charge in [0.1, 0.15) is 11.6 Å². The molecule has 3 N–H and O–H groups in total. The summed E-state index contributed by atoms with van der Waals surface area (Å²) in [6.45, 7) is 2.52. The standard InChI is InChI=1S/C29H31FN2O4.C2H2O4/c1-36-27-5-3-2-4-26(27)32(29(35)24-8-6-21(20-33)7-9-24)19-18-31-16-14-23(15-17-31)28(34)22-10-12-25(30)13-11-22;3-1(4)2(5)6/h2-13,23,33H,14-20H2,1H3;(H,3,4)(H,5,6). The quantitative estimate of drug-likeness (QED) is 0.255. The van der Waals surface area contributed by atoms with Crippen molar-refractivity contribution in [2.45, 2.75) is 19.4 Å². The highest BCUT2D eigenvalue weighted by Gasteiger charge is 2.27. The van der Waals surface area contributed by atoms with E-state index in [2.05, 4.69) is 4.90 Å². The summed E-state index contributed by atoms with van der Waals surface area (Å²) in [5.74, 6) is -3.55. The van der Waals surface area contributed by atoms with Crippen LogP contribution in [0.4, 0.5) is 10.1 Å². The number of likely N-dealkylation sites (tertiary alicyclic amines) is 1. The molecule has 1 saturated heterocycles. The maximum Gasteiger partial charge on any atom is 0.414 e. The van der Waals surface area contributed by atoms with Crippen LogP contribution < -0.4 is 9.64 Å². The lowest BCUT2D eigenvalue weighted by Gasteiger charge is -2.33. The number of carbonyl (C=O) groups excluding carboxylic acids is 2. The van der Waals surface area contributed by atoms with Crippen molar-refractivity contribution in [3.05, 3.63) is 95.3 Å². The zero-order chi connectivity index (χ0) is 30.6. The molecule has 0 saturated carbocycles. The number of halogens is 1. The zero-order valence-electron chi connectivity index (χ0n) is 23.1. The Labute approximate surface area is 242 Å². The van der Waals surface area contributed by atoms with Gasteiger partial charge in [-0.15, -0.1) is 0 Å². The number of piperidine rings is 1. The van der Waals surface area contributed by atoms with E-state index in [1.165, 1.54) is 12.1 Å². The highest BCUT2D eigenvalue weighted by atomic mass is 19.1. The first-order valence-electron chi connectivity index (χ1n) is 13.3. The topological polar surface area (TPSA) is 145 Å². The third-order valence-electron chi connectivity index (χ3n) is 6.91. The number of carbonyl (C=O) groups is 4. The van der Waals surface area contributed by atoms with Gasteiger partial charge in [0.15, 0.2) is 5.78 Å². The molecule has 3 aromatic rings. The minimum Gasteiger partial charge on any atom is -0.495 e. The molecule has 0 radical (unpaired) electrons. The molecule has 0 aliphatic carbocycles. The Bertz CT molecular complexity index is 1360. The number of carboxylic acids is 2. The molecule has 222 valence electrons. The van der Waals surface area contributed by atoms with E-state index in [-0.39, 0.29) is 30.0 Å². The summed E-state index contributed by atoms with van der Waals surface area (Å²) < 4.78 is 18.7. The van der Waals surface area contributed by atoms with Gasteiger partial charge in [-0.25, -0.2) is 14.0 Å². The fraction of sp³-hybridized carbons (Fsp3) is 0.290. The van der Waals surface area contributed by atoms with Gasteiger partial charge in [0.05, 0.1) is 19.4 Å². The van der Waals surface area contributed by atoms with E-state index in [1.807, 2.05) is 24.3 Å². The monoisotopic (exact) mass is 580 g/mol. The molecule has 0 unspecified atom stereocenters. The Kier molecular flexibility index (Phi) is 11.7. The van der Waals surface area contributed by atoms with Crippen molar-refractivity contribution in [2.75, 3.05) is 38.2 Å². The SMILES string of the molecule is COc1ccccc1N(CCN1CCC(C(=O)c2ccc(F)cc2)CC1)C(=O)c1ccc(CO)cc1.O=C(O)C(=O)O. The minimum atomic E-state index is -1.82. The largest absolute Gasteiger partial charge is 0.495 e. The van der Waals surface area contributed by atoms with E-state index in [9.17, 15) is 19.1 Å². The number of ketones is 1. The minimum absolute atomic E-state index is 0.0619. The molecule has 10 nitrogen and oxygen atoms in total. The molecule has 11 heteroatoms. The second-order valence-electron chi connectivity index (χ2n) is 9.58. The second kappa shape index (κ2) is 15.4. The molecule has 1 aliphatic heterocycles. The molecule has 0 spiro atoms. The molecule has 3 aromatic carbocycles. The number of hydrogen-bond donors (Lipinski definition) is 3. The number of aliphatic hydroxyl groups is 1. The third-order valence-corrected chi connectivity index (χ3v) is 6.91. The van der Waals surface area contributed by atoms with Crippen molar-refractivity contribution in [1.82, 2.24) is 4.90 Å². The van der Waals surface area contributed by atoms with Crippen molar-refractivity contribution < 1.29 is 43.6 Å². The van der Waals surface area contributed by atoms with E-state index in [4.69, 9.17) is 24.5 Å². The lowest BCUT2D eigenvalue weighted by Crippen LogP contribution is -2.43. The molecule has 0 atom stereocenters. The van der Waals surface area contributed by atoms with Gasteiger partial charge in [0.25, 0.3) is 5.91 Å². The maximum absolute atomic E-state index is 13.5. The Morgan fingerprint density at radius 3 is 2.00 bits per heavy atom.